The average Bonchev–Trinajstić information content (AvgIpc) is 2.82. The molecule has 0 bridgehead atoms. The Bertz CT molecular complexity index is 875. The Morgan fingerprint density at radius 3 is 2.07 bits per heavy atom. The molecule has 0 aliphatic rings. The van der Waals surface area contributed by atoms with Crippen molar-refractivity contribution in [1.82, 2.24) is 4.23 Å². The first-order valence-corrected chi connectivity index (χ1v) is 13.0. The zero-order valence-electron chi connectivity index (χ0n) is 19.2. The van der Waals surface area contributed by atoms with Crippen molar-refractivity contribution in [3.05, 3.63) is 34.7 Å². The van der Waals surface area contributed by atoms with Crippen LogP contribution in [0.3, 0.4) is 0 Å². The maximum absolute atomic E-state index is 15.0. The molecule has 0 saturated carbocycles. The van der Waals surface area contributed by atoms with E-state index in [1.165, 1.54) is 0 Å². The molecule has 1 heterocycles. The first-order valence-electron chi connectivity index (χ1n) is 10.4. The summed E-state index contributed by atoms with van der Waals surface area (Å²) >= 11 is 6.63. The summed E-state index contributed by atoms with van der Waals surface area (Å²) < 4.78 is 22.7. The van der Waals surface area contributed by atoms with E-state index in [1.54, 1.807) is 32.9 Å². The fraction of sp³-hybridized carbons (Fsp3) is 0.609. The highest BCUT2D eigenvalue weighted by atomic mass is 35.5. The van der Waals surface area contributed by atoms with Crippen molar-refractivity contribution in [2.45, 2.75) is 91.0 Å². The number of carbonyl (C=O) groups excluding carboxylic acids is 1. The third kappa shape index (κ3) is 4.56. The second-order valence-corrected chi connectivity index (χ2v) is 16.1. The van der Waals surface area contributed by atoms with E-state index in [4.69, 9.17) is 16.3 Å². The van der Waals surface area contributed by atoms with Crippen LogP contribution in [-0.2, 0) is 16.0 Å². The third-order valence-electron chi connectivity index (χ3n) is 5.87. The second-order valence-electron chi connectivity index (χ2n) is 9.92. The molecule has 0 amide bonds. The van der Waals surface area contributed by atoms with E-state index < -0.39 is 25.6 Å². The van der Waals surface area contributed by atoms with Gasteiger partial charge >= 0.3 is 5.97 Å². The van der Waals surface area contributed by atoms with Crippen LogP contribution in [0.1, 0.15) is 67.9 Å². The molecule has 1 aromatic carbocycles. The molecule has 0 saturated heterocycles. The maximum Gasteiger partial charge on any atom is 0.310 e. The Balaban J connectivity index is 2.63. The maximum atomic E-state index is 15.0. The van der Waals surface area contributed by atoms with Crippen molar-refractivity contribution in [3.8, 4) is 0 Å². The van der Waals surface area contributed by atoms with Crippen LogP contribution in [0.15, 0.2) is 18.3 Å². The van der Waals surface area contributed by atoms with Crippen LogP contribution in [-0.4, -0.2) is 24.0 Å². The summed E-state index contributed by atoms with van der Waals surface area (Å²) in [7, 11) is -2.08. The van der Waals surface area contributed by atoms with Gasteiger partial charge in [-0.25, -0.2) is 4.39 Å². The number of benzene rings is 1. The van der Waals surface area contributed by atoms with Gasteiger partial charge in [0.15, 0.2) is 8.24 Å². The molecular formula is C23H35ClFNO2Si. The molecule has 1 aromatic heterocycles. The standard InChI is InChI=1S/C23H35ClFNO2Si/c1-14(2)29(15(3)4,16(5)6)26-13-19(24)18-10-17(20(25)12-21(18)26)11-22(27)28-23(7,8)9/h10,12-16H,11H2,1-9H3. The summed E-state index contributed by atoms with van der Waals surface area (Å²) in [5.41, 5.74) is 1.91. The van der Waals surface area contributed by atoms with Crippen molar-refractivity contribution >= 4 is 36.7 Å². The zero-order valence-corrected chi connectivity index (χ0v) is 20.9. The smallest absolute Gasteiger partial charge is 0.310 e. The molecular weight excluding hydrogens is 405 g/mol. The van der Waals surface area contributed by atoms with E-state index in [0.29, 0.717) is 27.2 Å². The molecule has 0 aliphatic carbocycles. The van der Waals surface area contributed by atoms with Gasteiger partial charge in [-0.2, -0.15) is 0 Å². The van der Waals surface area contributed by atoms with Crippen LogP contribution in [0, 0.1) is 5.82 Å². The predicted molar refractivity (Wildman–Crippen MR) is 123 cm³/mol. The molecule has 29 heavy (non-hydrogen) atoms. The van der Waals surface area contributed by atoms with Gasteiger partial charge < -0.3 is 8.97 Å². The number of ether oxygens (including phenoxy) is 1. The summed E-state index contributed by atoms with van der Waals surface area (Å²) in [5.74, 6) is -0.833. The minimum absolute atomic E-state index is 0.109. The minimum atomic E-state index is -2.08. The van der Waals surface area contributed by atoms with Gasteiger partial charge in [-0.1, -0.05) is 53.1 Å². The largest absolute Gasteiger partial charge is 0.460 e. The fourth-order valence-electron chi connectivity index (χ4n) is 5.07. The highest BCUT2D eigenvalue weighted by Gasteiger charge is 2.46. The molecule has 0 radical (unpaired) electrons. The number of nitrogens with zero attached hydrogens (tertiary/aromatic N) is 1. The third-order valence-corrected chi connectivity index (χ3v) is 12.9. The van der Waals surface area contributed by atoms with Crippen molar-refractivity contribution < 1.29 is 13.9 Å². The Kier molecular flexibility index (Phi) is 6.95. The number of esters is 1. The van der Waals surface area contributed by atoms with Crippen LogP contribution >= 0.6 is 11.6 Å². The molecule has 0 atom stereocenters. The van der Waals surface area contributed by atoms with Crippen LogP contribution < -0.4 is 0 Å². The van der Waals surface area contributed by atoms with Gasteiger partial charge in [0.1, 0.15) is 11.4 Å². The van der Waals surface area contributed by atoms with Crippen LogP contribution in [0.5, 0.6) is 0 Å². The molecule has 0 unspecified atom stereocenters. The number of hydrogen-bond acceptors (Lipinski definition) is 2. The number of aromatic nitrogens is 1. The lowest BCUT2D eigenvalue weighted by Gasteiger charge is -2.44. The van der Waals surface area contributed by atoms with Gasteiger partial charge in [-0.15, -0.1) is 0 Å². The van der Waals surface area contributed by atoms with Crippen LogP contribution in [0.4, 0.5) is 4.39 Å². The fourth-order valence-corrected chi connectivity index (χ4v) is 12.0. The number of carbonyl (C=O) groups is 1. The molecule has 2 rings (SSSR count). The molecule has 3 nitrogen and oxygen atoms in total. The molecule has 0 aliphatic heterocycles. The monoisotopic (exact) mass is 439 g/mol. The lowest BCUT2D eigenvalue weighted by atomic mass is 10.1. The number of rotatable bonds is 6. The Morgan fingerprint density at radius 1 is 1.10 bits per heavy atom. The van der Waals surface area contributed by atoms with E-state index in [-0.39, 0.29) is 6.42 Å². The van der Waals surface area contributed by atoms with Gasteiger partial charge in [-0.3, -0.25) is 4.79 Å². The average molecular weight is 440 g/mol. The van der Waals surface area contributed by atoms with E-state index >= 15 is 4.39 Å². The summed E-state index contributed by atoms with van der Waals surface area (Å²) in [4.78, 5) is 12.2. The molecule has 6 heteroatoms. The van der Waals surface area contributed by atoms with Crippen molar-refractivity contribution in [2.75, 3.05) is 0 Å². The highest BCUT2D eigenvalue weighted by molar-refractivity contribution is 6.82. The van der Waals surface area contributed by atoms with E-state index in [1.807, 2.05) is 6.20 Å². The van der Waals surface area contributed by atoms with E-state index in [0.717, 1.165) is 10.9 Å². The van der Waals surface area contributed by atoms with Crippen molar-refractivity contribution in [2.24, 2.45) is 0 Å². The van der Waals surface area contributed by atoms with Crippen molar-refractivity contribution in [3.63, 3.8) is 0 Å². The Labute approximate surface area is 180 Å². The summed E-state index contributed by atoms with van der Waals surface area (Å²) in [6.45, 7) is 19.0. The van der Waals surface area contributed by atoms with Gasteiger partial charge in [0.05, 0.1) is 11.4 Å². The normalized spacial score (nSPS) is 13.2. The highest BCUT2D eigenvalue weighted by Crippen LogP contribution is 2.45. The number of fused-ring (bicyclic) bond motifs is 1. The van der Waals surface area contributed by atoms with Gasteiger partial charge in [0.25, 0.3) is 0 Å². The van der Waals surface area contributed by atoms with E-state index in [2.05, 4.69) is 45.8 Å². The quantitative estimate of drug-likeness (QED) is 0.348. The molecule has 0 spiro atoms. The lowest BCUT2D eigenvalue weighted by Crippen LogP contribution is -2.51. The van der Waals surface area contributed by atoms with E-state index in [9.17, 15) is 4.79 Å². The minimum Gasteiger partial charge on any atom is -0.460 e. The van der Waals surface area contributed by atoms with Crippen molar-refractivity contribution in [1.29, 1.82) is 0 Å². The van der Waals surface area contributed by atoms with Gasteiger partial charge in [0.2, 0.25) is 0 Å². The van der Waals surface area contributed by atoms with Gasteiger partial charge in [-0.05, 0) is 55.1 Å². The molecule has 2 aromatic rings. The summed E-state index contributed by atoms with van der Waals surface area (Å²) in [6, 6.07) is 3.27. The molecule has 162 valence electrons. The predicted octanol–water partition coefficient (Wildman–Crippen LogP) is 7.34. The number of hydrogen-bond donors (Lipinski definition) is 0. The number of halogens is 2. The summed E-state index contributed by atoms with van der Waals surface area (Å²) in [6.07, 6.45) is 1.87. The Morgan fingerprint density at radius 2 is 1.62 bits per heavy atom. The second kappa shape index (κ2) is 8.42. The first-order chi connectivity index (χ1) is 13.2. The van der Waals surface area contributed by atoms with Crippen LogP contribution in [0.2, 0.25) is 21.6 Å². The topological polar surface area (TPSA) is 31.2 Å². The lowest BCUT2D eigenvalue weighted by molar-refractivity contribution is -0.153. The SMILES string of the molecule is CC(C)[Si](C(C)C)(C(C)C)n1cc(Cl)c2cc(CC(=O)OC(C)(C)C)c(F)cc21. The first kappa shape index (κ1) is 23.9. The van der Waals surface area contributed by atoms with Gasteiger partial charge in [0, 0.05) is 17.1 Å². The summed E-state index contributed by atoms with van der Waals surface area (Å²) in [5, 5.41) is 1.40. The van der Waals surface area contributed by atoms with Crippen LogP contribution in [0.25, 0.3) is 10.9 Å². The Hall–Kier alpha value is -1.33. The molecule has 0 fully saturated rings. The zero-order chi connectivity index (χ0) is 22.3. The molecule has 0 N–H and O–H groups in total.